The molecule has 0 bridgehead atoms. The van der Waals surface area contributed by atoms with E-state index in [4.69, 9.17) is 9.47 Å². The first kappa shape index (κ1) is 19.1. The van der Waals surface area contributed by atoms with E-state index in [0.29, 0.717) is 23.7 Å². The number of benzene rings is 2. The highest BCUT2D eigenvalue weighted by molar-refractivity contribution is 5.89. The third-order valence-corrected chi connectivity index (χ3v) is 3.57. The topological polar surface area (TPSA) is 88.7 Å². The molecule has 3 N–H and O–H groups in total. The summed E-state index contributed by atoms with van der Waals surface area (Å²) in [4.78, 5) is 23.1. The monoisotopic (exact) mass is 357 g/mol. The lowest BCUT2D eigenvalue weighted by atomic mass is 10.2. The first-order chi connectivity index (χ1) is 12.5. The molecule has 2 amide bonds. The van der Waals surface area contributed by atoms with Crippen LogP contribution in [0.15, 0.2) is 42.5 Å². The van der Waals surface area contributed by atoms with Crippen molar-refractivity contribution in [2.75, 3.05) is 31.4 Å². The van der Waals surface area contributed by atoms with Crippen molar-refractivity contribution in [1.29, 1.82) is 0 Å². The van der Waals surface area contributed by atoms with Crippen LogP contribution in [0.3, 0.4) is 0 Å². The van der Waals surface area contributed by atoms with E-state index < -0.39 is 0 Å². The molecule has 0 saturated carbocycles. The van der Waals surface area contributed by atoms with Crippen molar-refractivity contribution in [1.82, 2.24) is 5.32 Å². The lowest BCUT2D eigenvalue weighted by molar-refractivity contribution is -0.119. The van der Waals surface area contributed by atoms with Gasteiger partial charge in [0.1, 0.15) is 0 Å². The Kier molecular flexibility index (Phi) is 6.84. The van der Waals surface area contributed by atoms with E-state index in [2.05, 4.69) is 16.0 Å². The Balaban J connectivity index is 1.85. The number of hydrogen-bond donors (Lipinski definition) is 3. The molecular weight excluding hydrogens is 334 g/mol. The molecule has 2 aromatic rings. The van der Waals surface area contributed by atoms with Gasteiger partial charge in [-0.3, -0.25) is 9.59 Å². The van der Waals surface area contributed by atoms with Crippen LogP contribution in [0.25, 0.3) is 0 Å². The van der Waals surface area contributed by atoms with Crippen molar-refractivity contribution >= 4 is 23.2 Å². The molecular formula is C19H23N3O4. The lowest BCUT2D eigenvalue weighted by Crippen LogP contribution is -2.29. The van der Waals surface area contributed by atoms with Gasteiger partial charge in [0.15, 0.2) is 11.5 Å². The molecule has 0 aliphatic carbocycles. The first-order valence-electron chi connectivity index (χ1n) is 8.11. The second-order valence-corrected chi connectivity index (χ2v) is 5.58. The van der Waals surface area contributed by atoms with E-state index in [1.807, 2.05) is 18.2 Å². The molecule has 26 heavy (non-hydrogen) atoms. The van der Waals surface area contributed by atoms with Gasteiger partial charge in [-0.25, -0.2) is 0 Å². The molecule has 0 heterocycles. The van der Waals surface area contributed by atoms with Crippen LogP contribution in [0.5, 0.6) is 11.5 Å². The molecule has 0 fully saturated rings. The Morgan fingerprint density at radius 2 is 1.69 bits per heavy atom. The van der Waals surface area contributed by atoms with E-state index in [9.17, 15) is 9.59 Å². The second-order valence-electron chi connectivity index (χ2n) is 5.58. The normalized spacial score (nSPS) is 9.96. The standard InChI is InChI=1S/C19H23N3O4/c1-13(23)22-16-6-4-5-15(10-16)20-12-19(24)21-11-14-7-8-17(25-2)18(9-14)26-3/h4-10,20H,11-12H2,1-3H3,(H,21,24)(H,22,23). The van der Waals surface area contributed by atoms with Gasteiger partial charge >= 0.3 is 0 Å². The average Bonchev–Trinajstić information content (AvgIpc) is 2.64. The van der Waals surface area contributed by atoms with Gasteiger partial charge in [0.05, 0.1) is 20.8 Å². The maximum atomic E-state index is 12.0. The van der Waals surface area contributed by atoms with Crippen molar-refractivity contribution in [2.45, 2.75) is 13.5 Å². The molecule has 0 radical (unpaired) electrons. The summed E-state index contributed by atoms with van der Waals surface area (Å²) in [6.07, 6.45) is 0. The summed E-state index contributed by atoms with van der Waals surface area (Å²) in [6.45, 7) is 1.95. The molecule has 0 spiro atoms. The third kappa shape index (κ3) is 5.70. The maximum Gasteiger partial charge on any atom is 0.239 e. The predicted octanol–water partition coefficient (Wildman–Crippen LogP) is 2.39. The highest BCUT2D eigenvalue weighted by Gasteiger charge is 2.06. The number of rotatable bonds is 8. The molecule has 0 aliphatic rings. The molecule has 0 unspecified atom stereocenters. The van der Waals surface area contributed by atoms with E-state index >= 15 is 0 Å². The van der Waals surface area contributed by atoms with Gasteiger partial charge in [-0.05, 0) is 35.9 Å². The van der Waals surface area contributed by atoms with Crippen molar-refractivity contribution in [3.05, 3.63) is 48.0 Å². The molecule has 7 heteroatoms. The summed E-state index contributed by atoms with van der Waals surface area (Å²) >= 11 is 0. The quantitative estimate of drug-likeness (QED) is 0.675. The first-order valence-corrected chi connectivity index (χ1v) is 8.11. The Labute approximate surface area is 152 Å². The van der Waals surface area contributed by atoms with Crippen LogP contribution in [0.2, 0.25) is 0 Å². The van der Waals surface area contributed by atoms with E-state index in [-0.39, 0.29) is 18.4 Å². The number of carbonyl (C=O) groups excluding carboxylic acids is 2. The molecule has 0 aromatic heterocycles. The molecule has 0 atom stereocenters. The highest BCUT2D eigenvalue weighted by Crippen LogP contribution is 2.27. The van der Waals surface area contributed by atoms with Crippen molar-refractivity contribution in [3.63, 3.8) is 0 Å². The summed E-state index contributed by atoms with van der Waals surface area (Å²) < 4.78 is 10.4. The maximum absolute atomic E-state index is 12.0. The van der Waals surface area contributed by atoms with Gasteiger partial charge in [0.25, 0.3) is 0 Å². The number of ether oxygens (including phenoxy) is 2. The lowest BCUT2D eigenvalue weighted by Gasteiger charge is -2.11. The van der Waals surface area contributed by atoms with Crippen LogP contribution < -0.4 is 25.4 Å². The molecule has 0 aliphatic heterocycles. The largest absolute Gasteiger partial charge is 0.493 e. The highest BCUT2D eigenvalue weighted by atomic mass is 16.5. The molecule has 2 rings (SSSR count). The zero-order valence-corrected chi connectivity index (χ0v) is 15.1. The number of carbonyl (C=O) groups is 2. The van der Waals surface area contributed by atoms with E-state index in [1.54, 1.807) is 38.5 Å². The van der Waals surface area contributed by atoms with Gasteiger partial charge in [0.2, 0.25) is 11.8 Å². The number of anilines is 2. The summed E-state index contributed by atoms with van der Waals surface area (Å²) in [5.41, 5.74) is 2.33. The summed E-state index contributed by atoms with van der Waals surface area (Å²) in [5.74, 6) is 0.968. The molecule has 138 valence electrons. The van der Waals surface area contributed by atoms with Gasteiger partial charge in [-0.1, -0.05) is 12.1 Å². The minimum atomic E-state index is -0.148. The van der Waals surface area contributed by atoms with Crippen LogP contribution in [0.1, 0.15) is 12.5 Å². The Morgan fingerprint density at radius 3 is 2.38 bits per heavy atom. The van der Waals surface area contributed by atoms with Crippen LogP contribution >= 0.6 is 0 Å². The second kappa shape index (κ2) is 9.31. The van der Waals surface area contributed by atoms with E-state index in [0.717, 1.165) is 11.3 Å². The Bertz CT molecular complexity index is 777. The van der Waals surface area contributed by atoms with Gasteiger partial charge in [0, 0.05) is 24.8 Å². The van der Waals surface area contributed by atoms with Crippen LogP contribution in [0.4, 0.5) is 11.4 Å². The summed E-state index contributed by atoms with van der Waals surface area (Å²) in [6, 6.07) is 12.7. The fraction of sp³-hybridized carbons (Fsp3) is 0.263. The number of nitrogens with one attached hydrogen (secondary N) is 3. The average molecular weight is 357 g/mol. The van der Waals surface area contributed by atoms with Crippen molar-refractivity contribution in [2.24, 2.45) is 0 Å². The van der Waals surface area contributed by atoms with Crippen LogP contribution in [0, 0.1) is 0 Å². The Hall–Kier alpha value is -3.22. The SMILES string of the molecule is COc1ccc(CNC(=O)CNc2cccc(NC(C)=O)c2)cc1OC. The van der Waals surface area contributed by atoms with E-state index in [1.165, 1.54) is 6.92 Å². The fourth-order valence-electron chi connectivity index (χ4n) is 2.35. The third-order valence-electron chi connectivity index (χ3n) is 3.57. The fourth-order valence-corrected chi connectivity index (χ4v) is 2.35. The Morgan fingerprint density at radius 1 is 0.962 bits per heavy atom. The zero-order valence-electron chi connectivity index (χ0n) is 15.1. The number of methoxy groups -OCH3 is 2. The molecule has 0 saturated heterocycles. The van der Waals surface area contributed by atoms with Crippen molar-refractivity contribution in [3.8, 4) is 11.5 Å². The zero-order chi connectivity index (χ0) is 18.9. The molecule has 2 aromatic carbocycles. The predicted molar refractivity (Wildman–Crippen MR) is 101 cm³/mol. The smallest absolute Gasteiger partial charge is 0.239 e. The summed E-state index contributed by atoms with van der Waals surface area (Å²) in [5, 5.41) is 8.56. The van der Waals surface area contributed by atoms with Gasteiger partial charge < -0.3 is 25.4 Å². The minimum Gasteiger partial charge on any atom is -0.493 e. The van der Waals surface area contributed by atoms with Crippen molar-refractivity contribution < 1.29 is 19.1 Å². The minimum absolute atomic E-state index is 0.122. The number of hydrogen-bond acceptors (Lipinski definition) is 5. The van der Waals surface area contributed by atoms with Gasteiger partial charge in [-0.15, -0.1) is 0 Å². The van der Waals surface area contributed by atoms with Gasteiger partial charge in [-0.2, -0.15) is 0 Å². The summed E-state index contributed by atoms with van der Waals surface area (Å²) in [7, 11) is 3.14. The number of amides is 2. The van der Waals surface area contributed by atoms with Crippen LogP contribution in [-0.2, 0) is 16.1 Å². The molecule has 7 nitrogen and oxygen atoms in total. The van der Waals surface area contributed by atoms with Crippen LogP contribution in [-0.4, -0.2) is 32.6 Å².